The van der Waals surface area contributed by atoms with Crippen LogP contribution < -0.4 is 9.47 Å². The van der Waals surface area contributed by atoms with Crippen molar-refractivity contribution in [3.05, 3.63) is 59.2 Å². The van der Waals surface area contributed by atoms with Crippen molar-refractivity contribution in [2.24, 2.45) is 5.92 Å². The van der Waals surface area contributed by atoms with E-state index < -0.39 is 12.0 Å². The maximum absolute atomic E-state index is 13.1. The van der Waals surface area contributed by atoms with Gasteiger partial charge in [0.1, 0.15) is 34.7 Å². The molecule has 2 aromatic carbocycles. The first-order valence-electron chi connectivity index (χ1n) is 8.45. The molecule has 5 heteroatoms. The number of benzene rings is 2. The number of phenolic OH excluding ortho intramolecular Hbond substituents is 2. The van der Waals surface area contributed by atoms with Crippen LogP contribution in [0.3, 0.4) is 0 Å². The van der Waals surface area contributed by atoms with Gasteiger partial charge in [-0.3, -0.25) is 4.79 Å². The number of methoxy groups -OCH3 is 1. The van der Waals surface area contributed by atoms with Crippen LogP contribution >= 0.6 is 0 Å². The van der Waals surface area contributed by atoms with E-state index in [2.05, 4.69) is 0 Å². The molecule has 0 aromatic heterocycles. The third-order valence-corrected chi connectivity index (χ3v) is 4.49. The van der Waals surface area contributed by atoms with Crippen LogP contribution in [0.25, 0.3) is 0 Å². The lowest BCUT2D eigenvalue weighted by Gasteiger charge is -2.33. The number of Topliss-reactive ketones (excluding diaryl/α,β-unsaturated/α-hetero) is 1. The Morgan fingerprint density at radius 3 is 2.50 bits per heavy atom. The molecule has 0 unspecified atom stereocenters. The Morgan fingerprint density at radius 1 is 1.19 bits per heavy atom. The number of ether oxygens (including phenoxy) is 2. The van der Waals surface area contributed by atoms with Gasteiger partial charge in [0.05, 0.1) is 13.0 Å². The van der Waals surface area contributed by atoms with Crippen molar-refractivity contribution in [1.82, 2.24) is 0 Å². The number of carbonyl (C=O) groups is 1. The topological polar surface area (TPSA) is 76.0 Å². The van der Waals surface area contributed by atoms with Gasteiger partial charge < -0.3 is 19.7 Å². The molecule has 3 rings (SSSR count). The maximum Gasteiger partial charge on any atom is 0.177 e. The molecule has 0 amide bonds. The van der Waals surface area contributed by atoms with Gasteiger partial charge in [-0.2, -0.15) is 0 Å². The fourth-order valence-corrected chi connectivity index (χ4v) is 3.16. The molecule has 136 valence electrons. The summed E-state index contributed by atoms with van der Waals surface area (Å²) >= 11 is 0. The third-order valence-electron chi connectivity index (χ3n) is 4.49. The van der Waals surface area contributed by atoms with Gasteiger partial charge in [-0.05, 0) is 38.0 Å². The molecule has 2 aromatic rings. The number of ketones is 1. The predicted molar refractivity (Wildman–Crippen MR) is 98.0 cm³/mol. The van der Waals surface area contributed by atoms with Crippen LogP contribution in [-0.4, -0.2) is 23.1 Å². The highest BCUT2D eigenvalue weighted by Gasteiger charge is 2.39. The first kappa shape index (κ1) is 17.9. The average Bonchev–Trinajstić information content (AvgIpc) is 2.60. The zero-order valence-corrected chi connectivity index (χ0v) is 15.0. The Bertz CT molecular complexity index is 847. The van der Waals surface area contributed by atoms with Gasteiger partial charge in [0.2, 0.25) is 0 Å². The highest BCUT2D eigenvalue weighted by atomic mass is 16.5. The lowest BCUT2D eigenvalue weighted by atomic mass is 9.83. The number of allylic oxidation sites excluding steroid dienone is 2. The molecule has 5 nitrogen and oxygen atoms in total. The second kappa shape index (κ2) is 7.12. The number of fused-ring (bicyclic) bond motifs is 1. The van der Waals surface area contributed by atoms with Gasteiger partial charge in [-0.15, -0.1) is 0 Å². The summed E-state index contributed by atoms with van der Waals surface area (Å²) < 4.78 is 11.2. The van der Waals surface area contributed by atoms with Gasteiger partial charge in [-0.25, -0.2) is 0 Å². The van der Waals surface area contributed by atoms with E-state index in [0.29, 0.717) is 12.2 Å². The molecule has 2 N–H and O–H groups in total. The monoisotopic (exact) mass is 354 g/mol. The quantitative estimate of drug-likeness (QED) is 0.796. The van der Waals surface area contributed by atoms with E-state index >= 15 is 0 Å². The van der Waals surface area contributed by atoms with Crippen LogP contribution in [0.15, 0.2) is 48.0 Å². The molecule has 0 spiro atoms. The zero-order valence-electron chi connectivity index (χ0n) is 15.0. The number of phenols is 2. The van der Waals surface area contributed by atoms with Crippen molar-refractivity contribution in [3.63, 3.8) is 0 Å². The van der Waals surface area contributed by atoms with Crippen LogP contribution in [0.1, 0.15) is 42.3 Å². The molecule has 26 heavy (non-hydrogen) atoms. The molecule has 1 heterocycles. The molecule has 0 radical (unpaired) electrons. The molecular formula is C21H22O5. The van der Waals surface area contributed by atoms with Gasteiger partial charge in [-0.1, -0.05) is 23.8 Å². The van der Waals surface area contributed by atoms with Crippen molar-refractivity contribution in [3.8, 4) is 23.0 Å². The smallest absolute Gasteiger partial charge is 0.177 e. The molecule has 2 atom stereocenters. The highest BCUT2D eigenvalue weighted by molar-refractivity contribution is 6.04. The molecule has 1 aliphatic rings. The number of rotatable bonds is 4. The first-order chi connectivity index (χ1) is 12.4. The second-order valence-electron chi connectivity index (χ2n) is 6.64. The normalized spacial score (nSPS) is 18.7. The summed E-state index contributed by atoms with van der Waals surface area (Å²) in [7, 11) is 1.59. The van der Waals surface area contributed by atoms with Gasteiger partial charge >= 0.3 is 0 Å². The van der Waals surface area contributed by atoms with Crippen molar-refractivity contribution >= 4 is 5.78 Å². The molecule has 0 saturated heterocycles. The highest BCUT2D eigenvalue weighted by Crippen LogP contribution is 2.45. The molecule has 0 saturated carbocycles. The van der Waals surface area contributed by atoms with Crippen molar-refractivity contribution in [1.29, 1.82) is 0 Å². The van der Waals surface area contributed by atoms with Crippen molar-refractivity contribution < 1.29 is 24.5 Å². The standard InChI is InChI=1S/C21H22O5/c1-12(2)4-9-16-20(24)19-17(23)10-14(22)11-18(19)26-21(16)13-5-7-15(25-3)8-6-13/h4-8,10-11,16,21-23H,9H2,1-3H3/t16-,21-/m1/s1. The number of aromatic hydroxyl groups is 2. The second-order valence-corrected chi connectivity index (χ2v) is 6.64. The Hall–Kier alpha value is -2.95. The van der Waals surface area contributed by atoms with Gasteiger partial charge in [0.15, 0.2) is 5.78 Å². The summed E-state index contributed by atoms with van der Waals surface area (Å²) in [5.41, 5.74) is 2.06. The van der Waals surface area contributed by atoms with Crippen molar-refractivity contribution in [2.75, 3.05) is 7.11 Å². The van der Waals surface area contributed by atoms with Gasteiger partial charge in [0.25, 0.3) is 0 Å². The van der Waals surface area contributed by atoms with Crippen LogP contribution in [0.2, 0.25) is 0 Å². The lowest BCUT2D eigenvalue weighted by molar-refractivity contribution is 0.0654. The maximum atomic E-state index is 13.1. The first-order valence-corrected chi connectivity index (χ1v) is 8.45. The number of hydrogen-bond donors (Lipinski definition) is 2. The van der Waals surface area contributed by atoms with E-state index in [-0.39, 0.29) is 28.6 Å². The molecule has 0 fully saturated rings. The largest absolute Gasteiger partial charge is 0.508 e. The van der Waals surface area contributed by atoms with Crippen LogP contribution in [0, 0.1) is 5.92 Å². The molecule has 0 aliphatic carbocycles. The Kier molecular flexibility index (Phi) is 4.89. The minimum absolute atomic E-state index is 0.125. The Labute approximate surface area is 152 Å². The van der Waals surface area contributed by atoms with E-state index in [9.17, 15) is 15.0 Å². The minimum atomic E-state index is -0.516. The summed E-state index contributed by atoms with van der Waals surface area (Å²) in [6.45, 7) is 3.94. The molecule has 1 aliphatic heterocycles. The van der Waals surface area contributed by atoms with Crippen LogP contribution in [0.4, 0.5) is 0 Å². The zero-order chi connectivity index (χ0) is 18.8. The predicted octanol–water partition coefficient (Wildman–Crippen LogP) is 4.40. The van der Waals surface area contributed by atoms with E-state index in [1.54, 1.807) is 7.11 Å². The average molecular weight is 354 g/mol. The number of hydrogen-bond acceptors (Lipinski definition) is 5. The summed E-state index contributed by atoms with van der Waals surface area (Å²) in [4.78, 5) is 13.1. The fourth-order valence-electron chi connectivity index (χ4n) is 3.16. The molecular weight excluding hydrogens is 332 g/mol. The third kappa shape index (κ3) is 3.38. The summed E-state index contributed by atoms with van der Waals surface area (Å²) in [6, 6.07) is 9.87. The Morgan fingerprint density at radius 2 is 1.88 bits per heavy atom. The summed E-state index contributed by atoms with van der Waals surface area (Å²) in [6.07, 6.45) is 1.97. The molecule has 0 bridgehead atoms. The summed E-state index contributed by atoms with van der Waals surface area (Å²) in [5.74, 6) is -0.164. The lowest BCUT2D eigenvalue weighted by Crippen LogP contribution is -2.31. The summed E-state index contributed by atoms with van der Waals surface area (Å²) in [5, 5.41) is 19.9. The van der Waals surface area contributed by atoms with Crippen LogP contribution in [0.5, 0.6) is 23.0 Å². The Balaban J connectivity index is 2.06. The SMILES string of the molecule is COc1ccc([C@H]2Oc3cc(O)cc(O)c3C(=O)[C@H]2CC=C(C)C)cc1. The van der Waals surface area contributed by atoms with E-state index in [1.807, 2.05) is 44.2 Å². The van der Waals surface area contributed by atoms with Crippen LogP contribution in [-0.2, 0) is 0 Å². The van der Waals surface area contributed by atoms with E-state index in [4.69, 9.17) is 9.47 Å². The fraction of sp³-hybridized carbons (Fsp3) is 0.286. The van der Waals surface area contributed by atoms with Gasteiger partial charge in [0, 0.05) is 12.1 Å². The van der Waals surface area contributed by atoms with E-state index in [1.165, 1.54) is 6.07 Å². The van der Waals surface area contributed by atoms with E-state index in [0.717, 1.165) is 17.2 Å². The number of carbonyl (C=O) groups excluding carboxylic acids is 1. The van der Waals surface area contributed by atoms with Crippen molar-refractivity contribution in [2.45, 2.75) is 26.4 Å². The minimum Gasteiger partial charge on any atom is -0.508 e.